The number of rotatable bonds is 4. The summed E-state index contributed by atoms with van der Waals surface area (Å²) in [5, 5.41) is 14.8. The molecule has 1 saturated heterocycles. The zero-order valence-electron chi connectivity index (χ0n) is 18.0. The van der Waals surface area contributed by atoms with Gasteiger partial charge in [0.1, 0.15) is 12.3 Å². The largest absolute Gasteiger partial charge is 0.408 e. The molecule has 2 unspecified atom stereocenters. The molecule has 0 spiro atoms. The van der Waals surface area contributed by atoms with E-state index < -0.39 is 66.9 Å². The predicted molar refractivity (Wildman–Crippen MR) is 107 cm³/mol. The van der Waals surface area contributed by atoms with Crippen molar-refractivity contribution in [3.63, 3.8) is 0 Å². The molecule has 1 aromatic rings. The predicted octanol–water partition coefficient (Wildman–Crippen LogP) is 2.78. The van der Waals surface area contributed by atoms with Crippen LogP contribution in [0.4, 0.5) is 22.0 Å². The summed E-state index contributed by atoms with van der Waals surface area (Å²) in [5.41, 5.74) is 0.792. The van der Waals surface area contributed by atoms with Crippen LogP contribution in [-0.2, 0) is 16.1 Å². The quantitative estimate of drug-likeness (QED) is 0.446. The molecule has 0 radical (unpaired) electrons. The molecule has 12 heteroatoms. The maximum absolute atomic E-state index is 13.7. The third kappa shape index (κ3) is 4.92. The van der Waals surface area contributed by atoms with Crippen molar-refractivity contribution in [2.24, 2.45) is 5.92 Å². The van der Waals surface area contributed by atoms with E-state index >= 15 is 0 Å². The molecule has 1 saturated carbocycles. The van der Waals surface area contributed by atoms with Gasteiger partial charge in [-0.2, -0.15) is 13.2 Å². The highest BCUT2D eigenvalue weighted by molar-refractivity contribution is 6.00. The first-order valence-corrected chi connectivity index (χ1v) is 11.0. The maximum atomic E-state index is 13.7. The zero-order chi connectivity index (χ0) is 24.8. The van der Waals surface area contributed by atoms with Crippen molar-refractivity contribution in [1.29, 1.82) is 0 Å². The lowest BCUT2D eigenvalue weighted by atomic mass is 9.81. The minimum absolute atomic E-state index is 0.0598. The number of carbonyl (C=O) groups excluding carboxylic acids is 3. The van der Waals surface area contributed by atoms with E-state index in [1.165, 1.54) is 23.1 Å². The second kappa shape index (κ2) is 8.88. The Hall–Kier alpha value is -2.60. The van der Waals surface area contributed by atoms with Crippen LogP contribution in [0.3, 0.4) is 0 Å². The number of hydrogen-bond donors (Lipinski definition) is 3. The summed E-state index contributed by atoms with van der Waals surface area (Å²) in [7, 11) is 0. The van der Waals surface area contributed by atoms with Crippen LogP contribution >= 0.6 is 0 Å². The summed E-state index contributed by atoms with van der Waals surface area (Å²) in [6.45, 7) is 0.0598. The summed E-state index contributed by atoms with van der Waals surface area (Å²) in [6.07, 6.45) is -7.69. The number of amides is 3. The van der Waals surface area contributed by atoms with Crippen LogP contribution in [-0.4, -0.2) is 51.9 Å². The van der Waals surface area contributed by atoms with E-state index in [0.29, 0.717) is 11.1 Å². The van der Waals surface area contributed by atoms with Crippen LogP contribution in [0.1, 0.15) is 66.2 Å². The fourth-order valence-electron chi connectivity index (χ4n) is 4.96. The van der Waals surface area contributed by atoms with E-state index in [2.05, 4.69) is 5.32 Å². The highest BCUT2D eigenvalue weighted by Gasteiger charge is 2.49. The summed E-state index contributed by atoms with van der Waals surface area (Å²) in [5.74, 6) is -6.11. The number of carbonyl (C=O) groups is 3. The molecule has 3 aliphatic rings. The normalized spacial score (nSPS) is 26.6. The molecule has 3 amide bonds. The second-order valence-corrected chi connectivity index (χ2v) is 9.11. The molecule has 2 fully saturated rings. The molecule has 3 N–H and O–H groups in total. The Kier molecular flexibility index (Phi) is 6.40. The van der Waals surface area contributed by atoms with E-state index in [-0.39, 0.29) is 37.8 Å². The fourth-order valence-corrected chi connectivity index (χ4v) is 4.96. The van der Waals surface area contributed by atoms with Gasteiger partial charge in [0.25, 0.3) is 5.91 Å². The Labute approximate surface area is 191 Å². The van der Waals surface area contributed by atoms with Crippen molar-refractivity contribution in [3.8, 4) is 0 Å². The van der Waals surface area contributed by atoms with Crippen molar-refractivity contribution in [3.05, 3.63) is 34.9 Å². The molecule has 3 atom stereocenters. The summed E-state index contributed by atoms with van der Waals surface area (Å²) < 4.78 is 67.8. The number of benzene rings is 1. The van der Waals surface area contributed by atoms with E-state index in [1.54, 1.807) is 0 Å². The number of imide groups is 1. The first-order chi connectivity index (χ1) is 15.9. The number of piperidine rings is 1. The number of hydrogen-bond acceptors (Lipinski definition) is 5. The molecule has 1 aromatic carbocycles. The Morgan fingerprint density at radius 3 is 2.47 bits per heavy atom. The average Bonchev–Trinajstić information content (AvgIpc) is 3.07. The fraction of sp³-hybridized carbons (Fsp3) is 0.591. The molecule has 186 valence electrons. The maximum Gasteiger partial charge on any atom is 0.408 e. The SMILES string of the molecule is O=C1CCC(N2Cc3cc(C(=O)N[C@H](C4CCC(F)(F)CC4)C(F)(F)F)ccc3C2O)C(=O)N1. The van der Waals surface area contributed by atoms with Gasteiger partial charge in [0, 0.05) is 31.4 Å². The van der Waals surface area contributed by atoms with Crippen LogP contribution < -0.4 is 10.6 Å². The van der Waals surface area contributed by atoms with Crippen molar-refractivity contribution >= 4 is 17.7 Å². The van der Waals surface area contributed by atoms with Gasteiger partial charge < -0.3 is 10.4 Å². The van der Waals surface area contributed by atoms with Gasteiger partial charge in [-0.05, 0) is 48.4 Å². The van der Waals surface area contributed by atoms with E-state index in [4.69, 9.17) is 0 Å². The third-order valence-electron chi connectivity index (χ3n) is 6.83. The number of nitrogens with zero attached hydrogens (tertiary/aromatic N) is 1. The van der Waals surface area contributed by atoms with Crippen LogP contribution in [0.2, 0.25) is 0 Å². The Balaban J connectivity index is 1.48. The molecule has 7 nitrogen and oxygen atoms in total. The van der Waals surface area contributed by atoms with Crippen molar-refractivity contribution in [2.75, 3.05) is 0 Å². The smallest absolute Gasteiger partial charge is 0.374 e. The van der Waals surface area contributed by atoms with Crippen molar-refractivity contribution in [2.45, 2.75) is 75.5 Å². The van der Waals surface area contributed by atoms with Crippen molar-refractivity contribution < 1.29 is 41.4 Å². The number of halogens is 5. The first-order valence-electron chi connectivity index (χ1n) is 11.0. The van der Waals surface area contributed by atoms with Gasteiger partial charge in [0.05, 0.1) is 6.04 Å². The van der Waals surface area contributed by atoms with Gasteiger partial charge in [-0.3, -0.25) is 24.6 Å². The van der Waals surface area contributed by atoms with Crippen LogP contribution in [0.15, 0.2) is 18.2 Å². The molecular formula is C22H24F5N3O4. The highest BCUT2D eigenvalue weighted by atomic mass is 19.4. The van der Waals surface area contributed by atoms with Crippen LogP contribution in [0, 0.1) is 5.92 Å². The molecule has 4 rings (SSSR count). The lowest BCUT2D eigenvalue weighted by Crippen LogP contribution is -2.51. The van der Waals surface area contributed by atoms with Gasteiger partial charge in [0.2, 0.25) is 17.7 Å². The Morgan fingerprint density at radius 2 is 1.85 bits per heavy atom. The van der Waals surface area contributed by atoms with E-state index in [9.17, 15) is 41.4 Å². The van der Waals surface area contributed by atoms with Crippen molar-refractivity contribution in [1.82, 2.24) is 15.5 Å². The number of aliphatic hydroxyl groups excluding tert-OH is 1. The van der Waals surface area contributed by atoms with E-state index in [1.807, 2.05) is 5.32 Å². The first kappa shape index (κ1) is 24.5. The molecule has 34 heavy (non-hydrogen) atoms. The lowest BCUT2D eigenvalue weighted by molar-refractivity contribution is -0.173. The molecule has 0 bridgehead atoms. The standard InChI is InChI=1S/C22H24F5N3O4/c23-21(24)7-5-11(6-8-21)17(22(25,26)27)29-18(32)12-1-2-14-13(9-12)10-30(20(14)34)15-3-4-16(31)28-19(15)33/h1-2,9,11,15,17,20,34H,3-8,10H2,(H,29,32)(H,28,31,33)/t15?,17-,20?/m1/s1. The second-order valence-electron chi connectivity index (χ2n) is 9.11. The van der Waals surface area contributed by atoms with Gasteiger partial charge in [-0.1, -0.05) is 6.07 Å². The topological polar surface area (TPSA) is 98.7 Å². The van der Waals surface area contributed by atoms with Gasteiger partial charge >= 0.3 is 6.18 Å². The van der Waals surface area contributed by atoms with Gasteiger partial charge in [-0.15, -0.1) is 0 Å². The highest BCUT2D eigenvalue weighted by Crippen LogP contribution is 2.41. The van der Waals surface area contributed by atoms with Gasteiger partial charge in [-0.25, -0.2) is 8.78 Å². The number of nitrogens with one attached hydrogen (secondary N) is 2. The number of fused-ring (bicyclic) bond motifs is 1. The average molecular weight is 489 g/mol. The summed E-state index contributed by atoms with van der Waals surface area (Å²) >= 11 is 0. The molecule has 2 aliphatic heterocycles. The van der Waals surface area contributed by atoms with Crippen LogP contribution in [0.25, 0.3) is 0 Å². The number of alkyl halides is 5. The zero-order valence-corrected chi connectivity index (χ0v) is 18.0. The minimum atomic E-state index is -4.80. The Morgan fingerprint density at radius 1 is 1.18 bits per heavy atom. The molecular weight excluding hydrogens is 465 g/mol. The lowest BCUT2D eigenvalue weighted by Gasteiger charge is -2.35. The van der Waals surface area contributed by atoms with E-state index in [0.717, 1.165) is 0 Å². The summed E-state index contributed by atoms with van der Waals surface area (Å²) in [6, 6.07) is 1.01. The molecule has 2 heterocycles. The molecule has 1 aliphatic carbocycles. The number of aliphatic hydroxyl groups is 1. The van der Waals surface area contributed by atoms with Gasteiger partial charge in [0.15, 0.2) is 0 Å². The van der Waals surface area contributed by atoms with Crippen LogP contribution in [0.5, 0.6) is 0 Å². The monoisotopic (exact) mass is 489 g/mol. The third-order valence-corrected chi connectivity index (χ3v) is 6.83. The molecule has 0 aromatic heterocycles. The summed E-state index contributed by atoms with van der Waals surface area (Å²) in [4.78, 5) is 37.7. The minimum Gasteiger partial charge on any atom is -0.374 e. The Bertz CT molecular complexity index is 989.